The molecule has 8 heteroatoms. The minimum Gasteiger partial charge on any atom is -0.506 e. The van der Waals surface area contributed by atoms with E-state index in [2.05, 4.69) is 15.6 Å². The van der Waals surface area contributed by atoms with Gasteiger partial charge >= 0.3 is 6.03 Å². The third-order valence-electron chi connectivity index (χ3n) is 4.28. The van der Waals surface area contributed by atoms with E-state index in [-0.39, 0.29) is 23.6 Å². The maximum absolute atomic E-state index is 12.4. The van der Waals surface area contributed by atoms with E-state index in [1.54, 1.807) is 35.5 Å². The zero-order valence-electron chi connectivity index (χ0n) is 14.0. The minimum atomic E-state index is -0.226. The predicted octanol–water partition coefficient (Wildman–Crippen LogP) is 3.32. The number of pyridine rings is 1. The molecule has 136 valence electrons. The number of amides is 3. The molecule has 3 amide bonds. The fourth-order valence-corrected chi connectivity index (χ4v) is 3.00. The number of halogens is 1. The molecule has 7 nitrogen and oxygen atoms in total. The lowest BCUT2D eigenvalue weighted by Gasteiger charge is -2.31. The van der Waals surface area contributed by atoms with Gasteiger partial charge in [0.05, 0.1) is 17.6 Å². The molecule has 0 unspecified atom stereocenters. The molecule has 1 aliphatic heterocycles. The molecule has 1 aliphatic rings. The number of hydrogen-bond donors (Lipinski definition) is 3. The molecule has 1 aromatic carbocycles. The third-order valence-corrected chi connectivity index (χ3v) is 4.52. The molecule has 1 saturated heterocycles. The Morgan fingerprint density at radius 2 is 1.96 bits per heavy atom. The van der Waals surface area contributed by atoms with Gasteiger partial charge in [-0.25, -0.2) is 4.79 Å². The summed E-state index contributed by atoms with van der Waals surface area (Å²) in [5.41, 5.74) is 0.924. The molecule has 2 aromatic rings. The van der Waals surface area contributed by atoms with Gasteiger partial charge < -0.3 is 20.6 Å². The van der Waals surface area contributed by atoms with Gasteiger partial charge in [0, 0.05) is 30.2 Å². The number of anilines is 2. The Kier molecular flexibility index (Phi) is 5.58. The van der Waals surface area contributed by atoms with E-state index in [1.165, 1.54) is 12.1 Å². The number of aromatic hydroxyl groups is 1. The average molecular weight is 375 g/mol. The number of piperidine rings is 1. The Labute approximate surface area is 156 Å². The van der Waals surface area contributed by atoms with E-state index in [0.717, 1.165) is 0 Å². The molecule has 1 aromatic heterocycles. The molecule has 0 bridgehead atoms. The van der Waals surface area contributed by atoms with E-state index in [9.17, 15) is 14.7 Å². The predicted molar refractivity (Wildman–Crippen MR) is 99.3 cm³/mol. The zero-order valence-corrected chi connectivity index (χ0v) is 14.7. The Hall–Kier alpha value is -2.80. The molecule has 0 atom stereocenters. The number of nitrogens with one attached hydrogen (secondary N) is 2. The molecule has 3 rings (SSSR count). The Morgan fingerprint density at radius 1 is 1.19 bits per heavy atom. The molecule has 2 heterocycles. The second-order valence-corrected chi connectivity index (χ2v) is 6.52. The van der Waals surface area contributed by atoms with Crippen LogP contribution in [0.1, 0.15) is 12.8 Å². The smallest absolute Gasteiger partial charge is 0.321 e. The minimum absolute atomic E-state index is 0.0314. The van der Waals surface area contributed by atoms with Crippen LogP contribution >= 0.6 is 11.6 Å². The van der Waals surface area contributed by atoms with Crippen LogP contribution in [-0.4, -0.2) is 40.0 Å². The number of phenolic OH excluding ortho intramolecular Hbond substituents is 1. The lowest BCUT2D eigenvalue weighted by molar-refractivity contribution is -0.121. The number of rotatable bonds is 3. The van der Waals surface area contributed by atoms with Gasteiger partial charge in [-0.05, 0) is 43.2 Å². The second-order valence-electron chi connectivity index (χ2n) is 6.08. The molecule has 0 spiro atoms. The summed E-state index contributed by atoms with van der Waals surface area (Å²) in [5, 5.41) is 15.7. The van der Waals surface area contributed by atoms with Gasteiger partial charge in [0.1, 0.15) is 5.75 Å². The van der Waals surface area contributed by atoms with Crippen LogP contribution in [0.4, 0.5) is 16.2 Å². The lowest BCUT2D eigenvalue weighted by atomic mass is 9.96. The van der Waals surface area contributed by atoms with Crippen LogP contribution in [0.3, 0.4) is 0 Å². The van der Waals surface area contributed by atoms with Crippen LogP contribution in [0, 0.1) is 5.92 Å². The number of likely N-dealkylation sites (tertiary alicyclic amines) is 1. The summed E-state index contributed by atoms with van der Waals surface area (Å²) in [6.07, 6.45) is 4.31. The van der Waals surface area contributed by atoms with Crippen molar-refractivity contribution in [3.63, 3.8) is 0 Å². The molecule has 0 aliphatic carbocycles. The van der Waals surface area contributed by atoms with Crippen molar-refractivity contribution in [2.24, 2.45) is 5.92 Å². The van der Waals surface area contributed by atoms with Crippen molar-refractivity contribution in [1.82, 2.24) is 9.88 Å². The summed E-state index contributed by atoms with van der Waals surface area (Å²) in [6, 6.07) is 7.80. The number of phenols is 1. The van der Waals surface area contributed by atoms with E-state index >= 15 is 0 Å². The van der Waals surface area contributed by atoms with Crippen molar-refractivity contribution in [2.75, 3.05) is 23.7 Å². The SMILES string of the molecule is O=C(Nc1cc(Cl)ccc1O)C1CCN(C(=O)Nc2cccnc2)CC1. The highest BCUT2D eigenvalue weighted by atomic mass is 35.5. The van der Waals surface area contributed by atoms with Crippen molar-refractivity contribution in [1.29, 1.82) is 0 Å². The number of urea groups is 1. The lowest BCUT2D eigenvalue weighted by Crippen LogP contribution is -2.43. The van der Waals surface area contributed by atoms with Crippen molar-refractivity contribution >= 4 is 34.9 Å². The fraction of sp³-hybridized carbons (Fsp3) is 0.278. The van der Waals surface area contributed by atoms with Crippen LogP contribution in [0.2, 0.25) is 5.02 Å². The first-order chi connectivity index (χ1) is 12.5. The van der Waals surface area contributed by atoms with Crippen LogP contribution in [0.5, 0.6) is 5.75 Å². The molecule has 3 N–H and O–H groups in total. The fourth-order valence-electron chi connectivity index (χ4n) is 2.83. The largest absolute Gasteiger partial charge is 0.506 e. The highest BCUT2D eigenvalue weighted by Gasteiger charge is 2.27. The topological polar surface area (TPSA) is 94.6 Å². The summed E-state index contributed by atoms with van der Waals surface area (Å²) in [5.74, 6) is -0.443. The number of carbonyl (C=O) groups is 2. The number of hydrogen-bond acceptors (Lipinski definition) is 4. The van der Waals surface area contributed by atoms with Crippen LogP contribution in [-0.2, 0) is 4.79 Å². The normalized spacial score (nSPS) is 14.7. The Morgan fingerprint density at radius 3 is 2.65 bits per heavy atom. The number of nitrogens with zero attached hydrogens (tertiary/aromatic N) is 2. The van der Waals surface area contributed by atoms with Gasteiger partial charge in [0.25, 0.3) is 0 Å². The Balaban J connectivity index is 1.52. The monoisotopic (exact) mass is 374 g/mol. The summed E-state index contributed by atoms with van der Waals surface area (Å²) >= 11 is 5.89. The maximum Gasteiger partial charge on any atom is 0.321 e. The van der Waals surface area contributed by atoms with E-state index in [1.807, 2.05) is 0 Å². The highest BCUT2D eigenvalue weighted by Crippen LogP contribution is 2.28. The van der Waals surface area contributed by atoms with Gasteiger partial charge in [-0.2, -0.15) is 0 Å². The van der Waals surface area contributed by atoms with Gasteiger partial charge in [-0.1, -0.05) is 11.6 Å². The molecule has 0 saturated carbocycles. The molecular formula is C18H19ClN4O3. The second kappa shape index (κ2) is 8.05. The highest BCUT2D eigenvalue weighted by molar-refractivity contribution is 6.31. The van der Waals surface area contributed by atoms with Crippen LogP contribution in [0.15, 0.2) is 42.7 Å². The van der Waals surface area contributed by atoms with Gasteiger partial charge in [0.2, 0.25) is 5.91 Å². The van der Waals surface area contributed by atoms with Crippen LogP contribution < -0.4 is 10.6 Å². The number of aromatic nitrogens is 1. The third kappa shape index (κ3) is 4.43. The zero-order chi connectivity index (χ0) is 18.5. The van der Waals surface area contributed by atoms with Gasteiger partial charge in [-0.3, -0.25) is 9.78 Å². The molecule has 26 heavy (non-hydrogen) atoms. The first kappa shape index (κ1) is 18.0. The van der Waals surface area contributed by atoms with Gasteiger partial charge in [-0.15, -0.1) is 0 Å². The first-order valence-corrected chi connectivity index (χ1v) is 8.66. The summed E-state index contributed by atoms with van der Waals surface area (Å²) in [7, 11) is 0. The van der Waals surface area contributed by atoms with Crippen molar-refractivity contribution in [2.45, 2.75) is 12.8 Å². The summed E-state index contributed by atoms with van der Waals surface area (Å²) < 4.78 is 0. The van der Waals surface area contributed by atoms with Crippen LogP contribution in [0.25, 0.3) is 0 Å². The van der Waals surface area contributed by atoms with Crippen molar-refractivity contribution in [3.05, 3.63) is 47.7 Å². The Bertz CT molecular complexity index is 792. The van der Waals surface area contributed by atoms with Crippen molar-refractivity contribution in [3.8, 4) is 5.75 Å². The maximum atomic E-state index is 12.4. The molecule has 1 fully saturated rings. The number of benzene rings is 1. The van der Waals surface area contributed by atoms with Crippen molar-refractivity contribution < 1.29 is 14.7 Å². The van der Waals surface area contributed by atoms with E-state index < -0.39 is 0 Å². The molecular weight excluding hydrogens is 356 g/mol. The first-order valence-electron chi connectivity index (χ1n) is 8.28. The van der Waals surface area contributed by atoms with E-state index in [4.69, 9.17) is 11.6 Å². The standard InChI is InChI=1S/C18H19ClN4O3/c19-13-3-4-16(24)15(10-13)22-17(25)12-5-8-23(9-6-12)18(26)21-14-2-1-7-20-11-14/h1-4,7,10-12,24H,5-6,8-9H2,(H,21,26)(H,22,25). The average Bonchev–Trinajstić information content (AvgIpc) is 2.65. The molecule has 0 radical (unpaired) electrons. The number of carbonyl (C=O) groups excluding carboxylic acids is 2. The summed E-state index contributed by atoms with van der Waals surface area (Å²) in [6.45, 7) is 0.956. The van der Waals surface area contributed by atoms with Gasteiger partial charge in [0.15, 0.2) is 0 Å². The summed E-state index contributed by atoms with van der Waals surface area (Å²) in [4.78, 5) is 30.3. The quantitative estimate of drug-likeness (QED) is 0.718. The van der Waals surface area contributed by atoms with E-state index in [0.29, 0.717) is 42.3 Å².